The van der Waals surface area contributed by atoms with E-state index >= 15 is 0 Å². The molecule has 0 radical (unpaired) electrons. The lowest BCUT2D eigenvalue weighted by Crippen LogP contribution is -2.55. The van der Waals surface area contributed by atoms with E-state index in [1.54, 1.807) is 31.2 Å². The van der Waals surface area contributed by atoms with Crippen LogP contribution in [0.25, 0.3) is 32.1 Å². The van der Waals surface area contributed by atoms with Crippen molar-refractivity contribution in [3.63, 3.8) is 0 Å². The fourth-order valence-electron chi connectivity index (χ4n) is 7.11. The predicted molar refractivity (Wildman–Crippen MR) is 190 cm³/mol. The van der Waals surface area contributed by atoms with E-state index in [1.807, 2.05) is 11.9 Å². The van der Waals surface area contributed by atoms with E-state index in [4.69, 9.17) is 11.6 Å². The van der Waals surface area contributed by atoms with E-state index in [2.05, 4.69) is 32.8 Å². The summed E-state index contributed by atoms with van der Waals surface area (Å²) >= 11 is 7.46. The molecule has 1 saturated heterocycles. The third kappa shape index (κ3) is 6.31. The maximum absolute atomic E-state index is 14.8. The van der Waals surface area contributed by atoms with Crippen molar-refractivity contribution in [3.8, 4) is 29.0 Å². The quantitative estimate of drug-likeness (QED) is 0.184. The van der Waals surface area contributed by atoms with Crippen LogP contribution in [0.15, 0.2) is 46.7 Å². The highest BCUT2D eigenvalue weighted by molar-refractivity contribution is 7.18. The monoisotopic (exact) mass is 730 g/mol. The second-order valence-corrected chi connectivity index (χ2v) is 14.2. The zero-order valence-corrected chi connectivity index (χ0v) is 29.1. The number of aryl methyl sites for hydroxylation is 1. The van der Waals surface area contributed by atoms with Crippen LogP contribution in [0.3, 0.4) is 0 Å². The Labute approximate surface area is 299 Å². The molecule has 260 valence electrons. The molecule has 0 unspecified atom stereocenters. The number of aromatic carboxylic acids is 1. The van der Waals surface area contributed by atoms with E-state index < -0.39 is 23.3 Å². The molecule has 0 spiro atoms. The molecule has 7 rings (SSSR count). The van der Waals surface area contributed by atoms with Gasteiger partial charge in [0.25, 0.3) is 11.5 Å². The Morgan fingerprint density at radius 3 is 2.61 bits per heavy atom. The smallest absolute Gasteiger partial charge is 0.337 e. The molecule has 9 nitrogen and oxygen atoms in total. The number of piperidine rings is 1. The summed E-state index contributed by atoms with van der Waals surface area (Å²) in [7, 11) is 1.83. The molecular formula is C37H30ClF3N6O3S. The molecule has 2 aromatic carbocycles. The van der Waals surface area contributed by atoms with Crippen molar-refractivity contribution < 1.29 is 23.1 Å². The highest BCUT2D eigenvalue weighted by atomic mass is 35.5. The van der Waals surface area contributed by atoms with E-state index in [9.17, 15) is 33.1 Å². The summed E-state index contributed by atoms with van der Waals surface area (Å²) in [6.07, 6.45) is 2.69. The Morgan fingerprint density at radius 2 is 1.92 bits per heavy atom. The SMILES string of the molecule is Cc1nc2cnc(N(C)C3CCN(C4CC(F)(F)C4)CC3)c(C#N)c2c(=O)n1CC#Cc1ccc(Cl)cc1-c1ccc(F)c2c(C(=O)O)csc12. The second kappa shape index (κ2) is 13.3. The third-order valence-electron chi connectivity index (χ3n) is 9.88. The van der Waals surface area contributed by atoms with Gasteiger partial charge in [-0.3, -0.25) is 14.3 Å². The molecule has 1 saturated carbocycles. The lowest BCUT2D eigenvalue weighted by atomic mass is 9.85. The first-order valence-electron chi connectivity index (χ1n) is 16.2. The first kappa shape index (κ1) is 34.5. The molecule has 1 N–H and O–H groups in total. The molecular weight excluding hydrogens is 701 g/mol. The summed E-state index contributed by atoms with van der Waals surface area (Å²) in [6.45, 7) is 2.93. The van der Waals surface area contributed by atoms with Gasteiger partial charge in [0.15, 0.2) is 0 Å². The molecule has 5 aromatic rings. The molecule has 3 aromatic heterocycles. The summed E-state index contributed by atoms with van der Waals surface area (Å²) in [5, 5.41) is 21.8. The Kier molecular flexibility index (Phi) is 9.00. The Balaban J connectivity index is 1.19. The lowest BCUT2D eigenvalue weighted by molar-refractivity contribution is -0.127. The number of alkyl halides is 2. The van der Waals surface area contributed by atoms with E-state index in [-0.39, 0.29) is 58.9 Å². The number of fused-ring (bicyclic) bond motifs is 2. The number of pyridine rings is 1. The largest absolute Gasteiger partial charge is 0.478 e. The van der Waals surface area contributed by atoms with E-state index in [0.29, 0.717) is 64.0 Å². The Morgan fingerprint density at radius 1 is 1.18 bits per heavy atom. The molecule has 51 heavy (non-hydrogen) atoms. The fourth-order valence-corrected chi connectivity index (χ4v) is 8.36. The number of aromatic nitrogens is 3. The number of thiophene rings is 1. The summed E-state index contributed by atoms with van der Waals surface area (Å²) < 4.78 is 43.5. The van der Waals surface area contributed by atoms with Gasteiger partial charge in [-0.1, -0.05) is 23.4 Å². The minimum Gasteiger partial charge on any atom is -0.478 e. The van der Waals surface area contributed by atoms with Gasteiger partial charge < -0.3 is 10.0 Å². The normalized spacial score (nSPS) is 16.4. The van der Waals surface area contributed by atoms with E-state index in [0.717, 1.165) is 11.3 Å². The van der Waals surface area contributed by atoms with Crippen LogP contribution in [0.4, 0.5) is 19.0 Å². The van der Waals surface area contributed by atoms with Crippen LogP contribution in [-0.2, 0) is 6.54 Å². The maximum Gasteiger partial charge on any atom is 0.337 e. The van der Waals surface area contributed by atoms with Crippen molar-refractivity contribution in [1.29, 1.82) is 5.26 Å². The number of carboxylic acids is 1. The van der Waals surface area contributed by atoms with Crippen LogP contribution in [0.1, 0.15) is 53.0 Å². The zero-order valence-electron chi connectivity index (χ0n) is 27.5. The number of likely N-dealkylation sites (tertiary alicyclic amines) is 1. The van der Waals surface area contributed by atoms with Crippen molar-refractivity contribution in [1.82, 2.24) is 19.4 Å². The minimum absolute atomic E-state index is 0.00573. The number of hydrogen-bond donors (Lipinski definition) is 1. The average Bonchev–Trinajstić information content (AvgIpc) is 3.55. The van der Waals surface area contributed by atoms with Crippen LogP contribution >= 0.6 is 22.9 Å². The molecule has 2 fully saturated rings. The number of halogens is 4. The summed E-state index contributed by atoms with van der Waals surface area (Å²) in [4.78, 5) is 38.9. The average molecular weight is 731 g/mol. The van der Waals surface area contributed by atoms with Gasteiger partial charge in [0.1, 0.15) is 29.1 Å². The number of carbonyl (C=O) groups is 1. The molecule has 0 bridgehead atoms. The summed E-state index contributed by atoms with van der Waals surface area (Å²) in [6, 6.07) is 9.89. The first-order chi connectivity index (χ1) is 24.4. The predicted octanol–water partition coefficient (Wildman–Crippen LogP) is 7.09. The topological polar surface area (TPSA) is 115 Å². The number of nitriles is 1. The van der Waals surface area contributed by atoms with Crippen molar-refractivity contribution in [3.05, 3.63) is 85.6 Å². The molecule has 1 aliphatic carbocycles. The van der Waals surface area contributed by atoms with Crippen molar-refractivity contribution >= 4 is 55.7 Å². The standard InChI is InChI=1S/C37H30ClF3N6O3S/c1-20-44-30-18-43-34(45(2)23-9-12-46(13-10-23)24-15-37(40,41)16-24)27(17-42)32(30)35(48)47(20)11-3-4-21-5-6-22(38)14-26(21)25-7-8-29(39)31-28(36(49)50)19-51-33(25)31/h5-8,14,18-19,23-24H,9-13,15-16H2,1-2H3,(H,49,50). The van der Waals surface area contributed by atoms with Crippen LogP contribution < -0.4 is 10.5 Å². The van der Waals surface area contributed by atoms with Crippen molar-refractivity contribution in [2.45, 2.75) is 57.2 Å². The molecule has 14 heteroatoms. The van der Waals surface area contributed by atoms with Gasteiger partial charge in [-0.25, -0.2) is 27.9 Å². The van der Waals surface area contributed by atoms with E-state index in [1.165, 1.54) is 22.2 Å². The van der Waals surface area contributed by atoms with Crippen molar-refractivity contribution in [2.75, 3.05) is 25.0 Å². The highest BCUT2D eigenvalue weighted by Gasteiger charge is 2.48. The van der Waals surface area contributed by atoms with Crippen LogP contribution in [0.5, 0.6) is 0 Å². The highest BCUT2D eigenvalue weighted by Crippen LogP contribution is 2.42. The molecule has 1 aliphatic heterocycles. The van der Waals surface area contributed by atoms with Gasteiger partial charge in [0, 0.05) is 82.2 Å². The van der Waals surface area contributed by atoms with Gasteiger partial charge >= 0.3 is 5.97 Å². The molecule has 2 aliphatic rings. The molecule has 0 amide bonds. The van der Waals surface area contributed by atoms with Gasteiger partial charge in [0.2, 0.25) is 0 Å². The summed E-state index contributed by atoms with van der Waals surface area (Å²) in [5.74, 6) is 2.40. The third-order valence-corrected chi connectivity index (χ3v) is 11.1. The number of nitrogens with zero attached hydrogens (tertiary/aromatic N) is 6. The number of anilines is 1. The van der Waals surface area contributed by atoms with Crippen LogP contribution in [-0.4, -0.2) is 68.7 Å². The fraction of sp³-hybridized carbons (Fsp3) is 0.324. The van der Waals surface area contributed by atoms with Gasteiger partial charge in [0.05, 0.1) is 29.2 Å². The van der Waals surface area contributed by atoms with Crippen LogP contribution in [0, 0.1) is 35.9 Å². The first-order valence-corrected chi connectivity index (χ1v) is 17.5. The van der Waals surface area contributed by atoms with Crippen molar-refractivity contribution in [2.24, 2.45) is 0 Å². The number of carboxylic acid groups (broad SMARTS) is 1. The number of benzene rings is 2. The van der Waals surface area contributed by atoms with Gasteiger partial charge in [-0.05, 0) is 50.1 Å². The summed E-state index contributed by atoms with van der Waals surface area (Å²) in [5.41, 5.74) is 1.47. The maximum atomic E-state index is 14.8. The number of rotatable bonds is 6. The second-order valence-electron chi connectivity index (χ2n) is 12.9. The minimum atomic E-state index is -2.57. The Hall–Kier alpha value is -4.95. The van der Waals surface area contributed by atoms with Crippen LogP contribution in [0.2, 0.25) is 5.02 Å². The Bertz CT molecular complexity index is 2400. The number of hydrogen-bond acceptors (Lipinski definition) is 8. The molecule has 4 heterocycles. The molecule has 0 atom stereocenters. The van der Waals surface area contributed by atoms with Gasteiger partial charge in [-0.15, -0.1) is 11.3 Å². The zero-order chi connectivity index (χ0) is 36.2. The lowest BCUT2D eigenvalue weighted by Gasteiger charge is -2.46. The van der Waals surface area contributed by atoms with Gasteiger partial charge in [-0.2, -0.15) is 5.26 Å².